The number of H-pyrrole nitrogens is 1. The van der Waals surface area contributed by atoms with Crippen molar-refractivity contribution in [2.24, 2.45) is 0 Å². The molecular formula is C10H16N2O2. The molecule has 0 radical (unpaired) electrons. The van der Waals surface area contributed by atoms with E-state index in [0.717, 1.165) is 5.69 Å². The Balaban J connectivity index is 0.000000241. The maximum Gasteiger partial charge on any atom is 0.293 e. The summed E-state index contributed by atoms with van der Waals surface area (Å²) in [5, 5.41) is 0. The van der Waals surface area contributed by atoms with Gasteiger partial charge in [-0.25, -0.2) is 4.98 Å². The summed E-state index contributed by atoms with van der Waals surface area (Å²) in [6.07, 6.45) is 5.05. The fraction of sp³-hybridized carbons (Fsp3) is 0.400. The largest absolute Gasteiger partial charge is 0.462 e. The van der Waals surface area contributed by atoms with Gasteiger partial charge in [-0.15, -0.1) is 0 Å². The van der Waals surface area contributed by atoms with Crippen molar-refractivity contribution in [2.75, 3.05) is 0 Å². The second kappa shape index (κ2) is 5.96. The molecule has 4 heteroatoms. The van der Waals surface area contributed by atoms with E-state index in [9.17, 15) is 4.79 Å². The fourth-order valence-corrected chi connectivity index (χ4v) is 0.523. The molecule has 1 aromatic heterocycles. The summed E-state index contributed by atoms with van der Waals surface area (Å²) in [4.78, 5) is 16.2. The monoisotopic (exact) mass is 196 g/mol. The third-order valence-corrected chi connectivity index (χ3v) is 1.14. The molecule has 0 aliphatic rings. The van der Waals surface area contributed by atoms with E-state index in [-0.39, 0.29) is 5.60 Å². The number of hydrogen-bond donors (Lipinski definition) is 1. The van der Waals surface area contributed by atoms with Gasteiger partial charge in [-0.3, -0.25) is 4.79 Å². The highest BCUT2D eigenvalue weighted by Gasteiger charge is 2.07. The minimum atomic E-state index is -0.318. The predicted octanol–water partition coefficient (Wildman–Crippen LogP) is 2.01. The number of rotatable bonds is 2. The molecule has 1 aromatic rings. The average Bonchev–Trinajstić information content (AvgIpc) is 2.54. The van der Waals surface area contributed by atoms with Crippen molar-refractivity contribution in [3.8, 4) is 0 Å². The maximum atomic E-state index is 9.60. The maximum absolute atomic E-state index is 9.60. The Hall–Kier alpha value is -1.58. The van der Waals surface area contributed by atoms with Gasteiger partial charge in [0.2, 0.25) is 0 Å². The lowest BCUT2D eigenvalue weighted by molar-refractivity contribution is -0.138. The summed E-state index contributed by atoms with van der Waals surface area (Å²) in [5.41, 5.74) is 0.641. The summed E-state index contributed by atoms with van der Waals surface area (Å²) in [5.74, 6) is 0. The number of imidazole rings is 1. The van der Waals surface area contributed by atoms with Crippen LogP contribution in [-0.2, 0) is 9.53 Å². The second-order valence-electron chi connectivity index (χ2n) is 3.54. The Labute approximate surface area is 84.0 Å². The van der Waals surface area contributed by atoms with E-state index in [1.807, 2.05) is 20.8 Å². The van der Waals surface area contributed by atoms with Crippen LogP contribution in [0.3, 0.4) is 0 Å². The zero-order valence-corrected chi connectivity index (χ0v) is 8.78. The van der Waals surface area contributed by atoms with Crippen molar-refractivity contribution in [3.05, 3.63) is 24.8 Å². The number of carbonyl (C=O) groups excluding carboxylic acids is 1. The molecule has 0 amide bonds. The molecule has 0 aliphatic carbocycles. The van der Waals surface area contributed by atoms with Crippen molar-refractivity contribution in [3.63, 3.8) is 0 Å². The van der Waals surface area contributed by atoms with Gasteiger partial charge in [0.1, 0.15) is 5.60 Å². The Morgan fingerprint density at radius 1 is 1.57 bits per heavy atom. The zero-order valence-electron chi connectivity index (χ0n) is 8.78. The summed E-state index contributed by atoms with van der Waals surface area (Å²) in [6.45, 7) is 9.45. The molecule has 0 aromatic carbocycles. The van der Waals surface area contributed by atoms with Crippen LogP contribution in [0.25, 0.3) is 6.08 Å². The van der Waals surface area contributed by atoms with Gasteiger partial charge in [0.15, 0.2) is 0 Å². The molecular weight excluding hydrogens is 180 g/mol. The summed E-state index contributed by atoms with van der Waals surface area (Å²) in [6, 6.07) is 0. The number of ether oxygens (including phenoxy) is 1. The van der Waals surface area contributed by atoms with Gasteiger partial charge < -0.3 is 9.72 Å². The van der Waals surface area contributed by atoms with Crippen molar-refractivity contribution < 1.29 is 9.53 Å². The van der Waals surface area contributed by atoms with Crippen LogP contribution in [0, 0.1) is 0 Å². The molecule has 0 fully saturated rings. The smallest absolute Gasteiger partial charge is 0.293 e. The third kappa shape index (κ3) is 7.09. The molecule has 0 saturated carbocycles. The molecule has 1 N–H and O–H groups in total. The molecule has 0 unspecified atom stereocenters. The highest BCUT2D eigenvalue weighted by Crippen LogP contribution is 2.02. The van der Waals surface area contributed by atoms with Gasteiger partial charge in [0.05, 0.1) is 18.2 Å². The third-order valence-electron chi connectivity index (χ3n) is 1.14. The fourth-order valence-electron chi connectivity index (χ4n) is 0.523. The normalized spacial score (nSPS) is 9.64. The first-order valence-corrected chi connectivity index (χ1v) is 4.22. The SMILES string of the molecule is C=Cc1cnc[nH]1.CC(C)(C)OC=O. The van der Waals surface area contributed by atoms with Crippen LogP contribution >= 0.6 is 0 Å². The van der Waals surface area contributed by atoms with E-state index in [2.05, 4.69) is 21.3 Å². The molecule has 1 heterocycles. The highest BCUT2D eigenvalue weighted by molar-refractivity contribution is 5.38. The van der Waals surface area contributed by atoms with Crippen LogP contribution in [0.4, 0.5) is 0 Å². The second-order valence-corrected chi connectivity index (χ2v) is 3.54. The highest BCUT2D eigenvalue weighted by atomic mass is 16.5. The lowest BCUT2D eigenvalue weighted by Crippen LogP contribution is -2.17. The zero-order chi connectivity index (χ0) is 11.0. The molecule has 0 saturated heterocycles. The number of hydrogen-bond acceptors (Lipinski definition) is 3. The number of aromatic nitrogens is 2. The van der Waals surface area contributed by atoms with E-state index in [4.69, 9.17) is 0 Å². The van der Waals surface area contributed by atoms with E-state index in [0.29, 0.717) is 6.47 Å². The van der Waals surface area contributed by atoms with Gasteiger partial charge in [-0.05, 0) is 26.8 Å². The van der Waals surface area contributed by atoms with Gasteiger partial charge in [-0.1, -0.05) is 6.58 Å². The van der Waals surface area contributed by atoms with Gasteiger partial charge in [-0.2, -0.15) is 0 Å². The Bertz CT molecular complexity index is 260. The van der Waals surface area contributed by atoms with Crippen molar-refractivity contribution in [1.29, 1.82) is 0 Å². The van der Waals surface area contributed by atoms with Crippen LogP contribution in [0.1, 0.15) is 26.5 Å². The first-order valence-electron chi connectivity index (χ1n) is 4.22. The van der Waals surface area contributed by atoms with Crippen LogP contribution in [0.5, 0.6) is 0 Å². The van der Waals surface area contributed by atoms with Gasteiger partial charge in [0, 0.05) is 0 Å². The number of aromatic amines is 1. The van der Waals surface area contributed by atoms with E-state index >= 15 is 0 Å². The van der Waals surface area contributed by atoms with Crippen LogP contribution in [-0.4, -0.2) is 22.0 Å². The Morgan fingerprint density at radius 2 is 2.21 bits per heavy atom. The Kier molecular flexibility index (Phi) is 5.29. The van der Waals surface area contributed by atoms with Crippen molar-refractivity contribution in [2.45, 2.75) is 26.4 Å². The minimum absolute atomic E-state index is 0.318. The topological polar surface area (TPSA) is 55.0 Å². The summed E-state index contributed by atoms with van der Waals surface area (Å²) >= 11 is 0. The van der Waals surface area contributed by atoms with Crippen LogP contribution in [0.2, 0.25) is 0 Å². The predicted molar refractivity (Wildman–Crippen MR) is 55.6 cm³/mol. The quantitative estimate of drug-likeness (QED) is 0.736. The van der Waals surface area contributed by atoms with E-state index < -0.39 is 0 Å². The summed E-state index contributed by atoms with van der Waals surface area (Å²) in [7, 11) is 0. The molecule has 1 rings (SSSR count). The lowest BCUT2D eigenvalue weighted by atomic mass is 10.2. The molecule has 0 atom stereocenters. The molecule has 78 valence electrons. The van der Waals surface area contributed by atoms with Crippen LogP contribution < -0.4 is 0 Å². The number of nitrogens with zero attached hydrogens (tertiary/aromatic N) is 1. The first kappa shape index (κ1) is 12.4. The Morgan fingerprint density at radius 3 is 2.36 bits per heavy atom. The number of nitrogens with one attached hydrogen (secondary N) is 1. The molecule has 0 aliphatic heterocycles. The number of carbonyl (C=O) groups is 1. The van der Waals surface area contributed by atoms with Crippen molar-refractivity contribution in [1.82, 2.24) is 9.97 Å². The van der Waals surface area contributed by atoms with Crippen molar-refractivity contribution >= 4 is 12.5 Å². The van der Waals surface area contributed by atoms with Crippen LogP contribution in [0.15, 0.2) is 19.1 Å². The summed E-state index contributed by atoms with van der Waals surface area (Å²) < 4.78 is 4.55. The minimum Gasteiger partial charge on any atom is -0.462 e. The first-order chi connectivity index (χ1) is 6.49. The molecule has 0 spiro atoms. The average molecular weight is 196 g/mol. The standard InChI is InChI=1S/C5H6N2.C5H10O2/c1-2-5-3-6-4-7-5;1-5(2,3)7-4-6/h2-4H,1H2,(H,6,7);4H,1-3H3. The molecule has 14 heavy (non-hydrogen) atoms. The van der Waals surface area contributed by atoms with Gasteiger partial charge in [0.25, 0.3) is 6.47 Å². The van der Waals surface area contributed by atoms with E-state index in [1.165, 1.54) is 0 Å². The van der Waals surface area contributed by atoms with Gasteiger partial charge >= 0.3 is 0 Å². The molecule has 4 nitrogen and oxygen atoms in total. The lowest BCUT2D eigenvalue weighted by Gasteiger charge is -2.14. The van der Waals surface area contributed by atoms with E-state index in [1.54, 1.807) is 18.6 Å². The molecule has 0 bridgehead atoms.